The van der Waals surface area contributed by atoms with Crippen molar-refractivity contribution in [2.75, 3.05) is 27.4 Å². The van der Waals surface area contributed by atoms with Crippen molar-refractivity contribution >= 4 is 0 Å². The second-order valence-electron chi connectivity index (χ2n) is 4.53. The average molecular weight is 246 g/mol. The third-order valence-electron chi connectivity index (χ3n) is 3.30. The lowest BCUT2D eigenvalue weighted by Crippen LogP contribution is -2.28. The minimum absolute atomic E-state index is 0.0529. The van der Waals surface area contributed by atoms with Crippen LogP contribution in [0.1, 0.15) is 25.7 Å². The molecule has 100 valence electrons. The molecule has 5 nitrogen and oxygen atoms in total. The molecular weight excluding hydrogens is 224 g/mol. The number of hydrogen-bond acceptors (Lipinski definition) is 5. The molecule has 4 atom stereocenters. The SMILES string of the molecule is COC1CC(COC2CCCCO2)C(OC)O1. The van der Waals surface area contributed by atoms with E-state index < -0.39 is 0 Å². The summed E-state index contributed by atoms with van der Waals surface area (Å²) in [4.78, 5) is 0. The second kappa shape index (κ2) is 6.66. The summed E-state index contributed by atoms with van der Waals surface area (Å²) in [6, 6.07) is 0. The fourth-order valence-electron chi connectivity index (χ4n) is 2.29. The first kappa shape index (κ1) is 13.2. The monoisotopic (exact) mass is 246 g/mol. The topological polar surface area (TPSA) is 46.2 Å². The third-order valence-corrected chi connectivity index (χ3v) is 3.30. The Balaban J connectivity index is 1.73. The van der Waals surface area contributed by atoms with Crippen LogP contribution in [0, 0.1) is 5.92 Å². The molecule has 0 spiro atoms. The molecule has 2 aliphatic heterocycles. The maximum atomic E-state index is 5.75. The number of methoxy groups -OCH3 is 2. The number of rotatable bonds is 5. The highest BCUT2D eigenvalue weighted by Crippen LogP contribution is 2.28. The largest absolute Gasteiger partial charge is 0.356 e. The van der Waals surface area contributed by atoms with Crippen LogP contribution < -0.4 is 0 Å². The quantitative estimate of drug-likeness (QED) is 0.736. The van der Waals surface area contributed by atoms with Crippen LogP contribution in [0.2, 0.25) is 0 Å². The van der Waals surface area contributed by atoms with Gasteiger partial charge in [0.2, 0.25) is 0 Å². The minimum atomic E-state index is -0.233. The highest BCUT2D eigenvalue weighted by atomic mass is 16.8. The van der Waals surface area contributed by atoms with Crippen molar-refractivity contribution in [3.05, 3.63) is 0 Å². The van der Waals surface area contributed by atoms with Crippen LogP contribution in [-0.4, -0.2) is 46.3 Å². The van der Waals surface area contributed by atoms with Gasteiger partial charge in [0, 0.05) is 33.2 Å². The summed E-state index contributed by atoms with van der Waals surface area (Å²) >= 11 is 0. The zero-order valence-corrected chi connectivity index (χ0v) is 10.6. The molecule has 0 amide bonds. The van der Waals surface area contributed by atoms with Crippen LogP contribution in [0.4, 0.5) is 0 Å². The first-order valence-corrected chi connectivity index (χ1v) is 6.27. The fraction of sp³-hybridized carbons (Fsp3) is 1.00. The van der Waals surface area contributed by atoms with E-state index in [-0.39, 0.29) is 24.8 Å². The maximum Gasteiger partial charge on any atom is 0.165 e. The molecule has 2 fully saturated rings. The number of ether oxygens (including phenoxy) is 5. The molecule has 2 saturated heterocycles. The summed E-state index contributed by atoms with van der Waals surface area (Å²) in [5.74, 6) is 0.218. The van der Waals surface area contributed by atoms with Crippen LogP contribution in [0.15, 0.2) is 0 Å². The van der Waals surface area contributed by atoms with Crippen molar-refractivity contribution < 1.29 is 23.7 Å². The van der Waals surface area contributed by atoms with Crippen LogP contribution in [0.5, 0.6) is 0 Å². The van der Waals surface area contributed by atoms with E-state index in [1.165, 1.54) is 6.42 Å². The van der Waals surface area contributed by atoms with E-state index in [4.69, 9.17) is 23.7 Å². The van der Waals surface area contributed by atoms with Gasteiger partial charge < -0.3 is 23.7 Å². The Hall–Kier alpha value is -0.200. The second-order valence-corrected chi connectivity index (χ2v) is 4.53. The zero-order valence-electron chi connectivity index (χ0n) is 10.6. The van der Waals surface area contributed by atoms with Crippen LogP contribution in [-0.2, 0) is 23.7 Å². The van der Waals surface area contributed by atoms with E-state index in [2.05, 4.69) is 0 Å². The van der Waals surface area contributed by atoms with Crippen molar-refractivity contribution in [3.8, 4) is 0 Å². The van der Waals surface area contributed by atoms with E-state index in [1.807, 2.05) is 0 Å². The summed E-state index contributed by atoms with van der Waals surface area (Å²) in [6.45, 7) is 1.41. The zero-order chi connectivity index (χ0) is 12.1. The van der Waals surface area contributed by atoms with E-state index in [0.29, 0.717) is 6.61 Å². The normalized spacial score (nSPS) is 38.5. The molecule has 2 aliphatic rings. The summed E-state index contributed by atoms with van der Waals surface area (Å²) in [5.41, 5.74) is 0. The van der Waals surface area contributed by atoms with Gasteiger partial charge in [-0.3, -0.25) is 0 Å². The molecule has 0 saturated carbocycles. The van der Waals surface area contributed by atoms with Gasteiger partial charge >= 0.3 is 0 Å². The molecule has 0 radical (unpaired) electrons. The molecule has 0 aromatic carbocycles. The lowest BCUT2D eigenvalue weighted by Gasteiger charge is -2.25. The predicted octanol–water partition coefficient (Wildman–Crippen LogP) is 1.51. The Morgan fingerprint density at radius 1 is 1.12 bits per heavy atom. The van der Waals surface area contributed by atoms with Crippen LogP contribution in [0.25, 0.3) is 0 Å². The summed E-state index contributed by atoms with van der Waals surface area (Å²) in [5, 5.41) is 0. The van der Waals surface area contributed by atoms with Gasteiger partial charge in [-0.15, -0.1) is 0 Å². The van der Waals surface area contributed by atoms with Gasteiger partial charge in [-0.05, 0) is 19.3 Å². The standard InChI is InChI=1S/C12H22O5/c1-13-11-7-9(12(14-2)17-11)8-16-10-5-3-4-6-15-10/h9-12H,3-8H2,1-2H3. The molecule has 0 N–H and O–H groups in total. The molecular formula is C12H22O5. The van der Waals surface area contributed by atoms with Gasteiger partial charge in [0.1, 0.15) is 0 Å². The first-order chi connectivity index (χ1) is 8.33. The summed E-state index contributed by atoms with van der Waals surface area (Å²) in [7, 11) is 3.29. The van der Waals surface area contributed by atoms with Gasteiger partial charge in [-0.25, -0.2) is 0 Å². The minimum Gasteiger partial charge on any atom is -0.356 e. The third kappa shape index (κ3) is 3.63. The number of hydrogen-bond donors (Lipinski definition) is 0. The van der Waals surface area contributed by atoms with Crippen molar-refractivity contribution in [2.24, 2.45) is 5.92 Å². The van der Waals surface area contributed by atoms with Crippen molar-refractivity contribution in [3.63, 3.8) is 0 Å². The van der Waals surface area contributed by atoms with E-state index in [1.54, 1.807) is 14.2 Å². The average Bonchev–Trinajstić information content (AvgIpc) is 2.80. The highest BCUT2D eigenvalue weighted by molar-refractivity contribution is 4.72. The Bertz CT molecular complexity index is 217. The molecule has 0 aliphatic carbocycles. The van der Waals surface area contributed by atoms with Gasteiger partial charge in [-0.1, -0.05) is 0 Å². The first-order valence-electron chi connectivity index (χ1n) is 6.27. The predicted molar refractivity (Wildman–Crippen MR) is 60.3 cm³/mol. The van der Waals surface area contributed by atoms with Gasteiger partial charge in [0.15, 0.2) is 18.9 Å². The molecule has 0 bridgehead atoms. The molecule has 5 heteroatoms. The van der Waals surface area contributed by atoms with E-state index in [0.717, 1.165) is 25.9 Å². The van der Waals surface area contributed by atoms with Crippen LogP contribution >= 0.6 is 0 Å². The van der Waals surface area contributed by atoms with E-state index in [9.17, 15) is 0 Å². The van der Waals surface area contributed by atoms with E-state index >= 15 is 0 Å². The Morgan fingerprint density at radius 3 is 2.65 bits per heavy atom. The Morgan fingerprint density at radius 2 is 2.00 bits per heavy atom. The highest BCUT2D eigenvalue weighted by Gasteiger charge is 2.36. The Labute approximate surface area is 102 Å². The van der Waals surface area contributed by atoms with Crippen molar-refractivity contribution in [1.29, 1.82) is 0 Å². The van der Waals surface area contributed by atoms with Gasteiger partial charge in [-0.2, -0.15) is 0 Å². The van der Waals surface area contributed by atoms with Crippen molar-refractivity contribution in [2.45, 2.75) is 44.6 Å². The summed E-state index contributed by atoms with van der Waals surface area (Å²) in [6.07, 6.45) is 3.65. The molecule has 17 heavy (non-hydrogen) atoms. The fourth-order valence-corrected chi connectivity index (χ4v) is 2.29. The lowest BCUT2D eigenvalue weighted by atomic mass is 10.1. The van der Waals surface area contributed by atoms with Crippen LogP contribution in [0.3, 0.4) is 0 Å². The van der Waals surface area contributed by atoms with Gasteiger partial charge in [0.25, 0.3) is 0 Å². The maximum absolute atomic E-state index is 5.75. The molecule has 0 aromatic rings. The molecule has 0 aromatic heterocycles. The van der Waals surface area contributed by atoms with Gasteiger partial charge in [0.05, 0.1) is 6.61 Å². The molecule has 2 rings (SSSR count). The molecule has 2 heterocycles. The lowest BCUT2D eigenvalue weighted by molar-refractivity contribution is -0.207. The smallest absolute Gasteiger partial charge is 0.165 e. The molecule has 4 unspecified atom stereocenters. The summed E-state index contributed by atoms with van der Waals surface area (Å²) < 4.78 is 27.3. The Kier molecular flexibility index (Phi) is 5.18. The van der Waals surface area contributed by atoms with Crippen molar-refractivity contribution in [1.82, 2.24) is 0 Å².